The zero-order chi connectivity index (χ0) is 5.70. The molecule has 0 fully saturated rings. The maximum Gasteiger partial charge on any atom is 0.125 e. The molecule has 2 nitrogen and oxygen atoms in total. The summed E-state index contributed by atoms with van der Waals surface area (Å²) >= 11 is 0. The Kier molecular flexibility index (Phi) is 2.85. The van der Waals surface area contributed by atoms with Gasteiger partial charge in [0.25, 0.3) is 0 Å². The molecule has 0 bridgehead atoms. The molecule has 0 radical (unpaired) electrons. The highest BCUT2D eigenvalue weighted by Crippen LogP contribution is 1.76. The minimum Gasteiger partial charge on any atom is -0.305 e. The summed E-state index contributed by atoms with van der Waals surface area (Å²) in [5.74, 6) is 0. The summed E-state index contributed by atoms with van der Waals surface area (Å²) in [6.07, 6.45) is 2.22. The number of hydrogen-bond donors (Lipinski definition) is 1. The summed E-state index contributed by atoms with van der Waals surface area (Å²) in [6, 6.07) is 0. The van der Waals surface area contributed by atoms with Gasteiger partial charge >= 0.3 is 0 Å². The van der Waals surface area contributed by atoms with E-state index >= 15 is 0 Å². The lowest BCUT2D eigenvalue weighted by Gasteiger charge is -1.80. The van der Waals surface area contributed by atoms with Gasteiger partial charge in [0.2, 0.25) is 0 Å². The topological polar surface area (TPSA) is 40.9 Å². The molecule has 0 aliphatic rings. The van der Waals surface area contributed by atoms with E-state index < -0.39 is 0 Å². The number of allylic oxidation sites excluding steroid dienone is 1. The van der Waals surface area contributed by atoms with Crippen molar-refractivity contribution in [2.24, 2.45) is 0 Å². The van der Waals surface area contributed by atoms with Crippen molar-refractivity contribution in [2.75, 3.05) is 0 Å². The van der Waals surface area contributed by atoms with Crippen LogP contribution in [0.4, 0.5) is 0 Å². The van der Waals surface area contributed by atoms with Gasteiger partial charge in [-0.2, -0.15) is 0 Å². The van der Waals surface area contributed by atoms with E-state index in [4.69, 9.17) is 5.41 Å². The van der Waals surface area contributed by atoms with E-state index in [-0.39, 0.29) is 12.1 Å². The van der Waals surface area contributed by atoms with Gasteiger partial charge in [0, 0.05) is 12.1 Å². The van der Waals surface area contributed by atoms with Gasteiger partial charge < -0.3 is 10.2 Å². The van der Waals surface area contributed by atoms with Crippen molar-refractivity contribution in [1.82, 2.24) is 0 Å². The smallest absolute Gasteiger partial charge is 0.125 e. The first-order chi connectivity index (χ1) is 3.31. The Morgan fingerprint density at radius 2 is 2.43 bits per heavy atom. The van der Waals surface area contributed by atoms with E-state index in [0.717, 1.165) is 0 Å². The predicted octanol–water partition coefficient (Wildman–Crippen LogP) is 0.781. The summed E-state index contributed by atoms with van der Waals surface area (Å²) in [4.78, 5) is 9.59. The van der Waals surface area contributed by atoms with Gasteiger partial charge in [0.1, 0.15) is 6.29 Å². The monoisotopic (exact) mass is 97.1 g/mol. The van der Waals surface area contributed by atoms with Crippen molar-refractivity contribution in [1.29, 1.82) is 5.41 Å². The predicted molar refractivity (Wildman–Crippen MR) is 28.6 cm³/mol. The van der Waals surface area contributed by atoms with Crippen LogP contribution in [0, 0.1) is 5.41 Å². The lowest BCUT2D eigenvalue weighted by atomic mass is 10.3. The fraction of sp³-hybridized carbons (Fsp3) is 0.200. The average molecular weight is 97.1 g/mol. The van der Waals surface area contributed by atoms with Gasteiger partial charge in [0.15, 0.2) is 0 Å². The third-order valence-corrected chi connectivity index (χ3v) is 0.550. The van der Waals surface area contributed by atoms with Crippen LogP contribution >= 0.6 is 0 Å². The molecular weight excluding hydrogens is 90.1 g/mol. The normalized spacial score (nSPS) is 7.43. The number of rotatable bonds is 3. The molecule has 0 saturated heterocycles. The largest absolute Gasteiger partial charge is 0.305 e. The molecule has 0 unspecified atom stereocenters. The van der Waals surface area contributed by atoms with Crippen molar-refractivity contribution < 1.29 is 4.79 Å². The van der Waals surface area contributed by atoms with Crippen LogP contribution < -0.4 is 0 Å². The standard InChI is InChI=1S/C5H7NO/c1-2-5(6)3-4-7/h2,4,6H,1,3H2. The third kappa shape index (κ3) is 2.89. The first-order valence-corrected chi connectivity index (χ1v) is 1.94. The van der Waals surface area contributed by atoms with Crippen LogP contribution in [0.25, 0.3) is 0 Å². The second-order valence-electron chi connectivity index (χ2n) is 1.10. The number of nitrogens with one attached hydrogen (secondary N) is 1. The van der Waals surface area contributed by atoms with Gasteiger partial charge in [0.05, 0.1) is 0 Å². The van der Waals surface area contributed by atoms with E-state index in [1.807, 2.05) is 0 Å². The minimum absolute atomic E-state index is 0.184. The summed E-state index contributed by atoms with van der Waals surface area (Å²) in [7, 11) is 0. The number of aldehydes is 1. The lowest BCUT2D eigenvalue weighted by Crippen LogP contribution is -1.88. The zero-order valence-corrected chi connectivity index (χ0v) is 3.98. The molecular formula is C5H7NO. The van der Waals surface area contributed by atoms with Crippen LogP contribution in [0.1, 0.15) is 6.42 Å². The van der Waals surface area contributed by atoms with E-state index in [2.05, 4.69) is 6.58 Å². The van der Waals surface area contributed by atoms with Gasteiger partial charge in [-0.3, -0.25) is 0 Å². The van der Waals surface area contributed by atoms with Gasteiger partial charge in [-0.25, -0.2) is 0 Å². The van der Waals surface area contributed by atoms with Crippen molar-refractivity contribution in [3.63, 3.8) is 0 Å². The van der Waals surface area contributed by atoms with E-state index in [9.17, 15) is 4.79 Å². The molecule has 0 saturated carbocycles. The Labute approximate surface area is 42.4 Å². The SMILES string of the molecule is C=CC(=N)CC=O. The molecule has 0 heterocycles. The molecule has 0 aliphatic heterocycles. The highest BCUT2D eigenvalue weighted by Gasteiger charge is 1.82. The molecule has 0 aromatic heterocycles. The minimum atomic E-state index is 0.184. The van der Waals surface area contributed by atoms with Gasteiger partial charge in [-0.15, -0.1) is 0 Å². The number of carbonyl (C=O) groups excluding carboxylic acids is 1. The maximum absolute atomic E-state index is 9.59. The molecule has 0 aromatic rings. The number of carbonyl (C=O) groups is 1. The highest BCUT2D eigenvalue weighted by molar-refractivity contribution is 5.99. The van der Waals surface area contributed by atoms with Crippen LogP contribution in [0.2, 0.25) is 0 Å². The average Bonchev–Trinajstić information content (AvgIpc) is 1.68. The van der Waals surface area contributed by atoms with E-state index in [1.54, 1.807) is 0 Å². The molecule has 1 N–H and O–H groups in total. The molecule has 0 aromatic carbocycles. The zero-order valence-electron chi connectivity index (χ0n) is 3.98. The van der Waals surface area contributed by atoms with Crippen molar-refractivity contribution >= 4 is 12.0 Å². The Balaban J connectivity index is 3.36. The van der Waals surface area contributed by atoms with Crippen LogP contribution in [0.5, 0.6) is 0 Å². The van der Waals surface area contributed by atoms with Crippen molar-refractivity contribution in [2.45, 2.75) is 6.42 Å². The first kappa shape index (κ1) is 6.08. The quantitative estimate of drug-likeness (QED) is 0.410. The molecule has 7 heavy (non-hydrogen) atoms. The van der Waals surface area contributed by atoms with Gasteiger partial charge in [-0.05, 0) is 6.08 Å². The molecule has 0 rings (SSSR count). The highest BCUT2D eigenvalue weighted by atomic mass is 16.1. The molecule has 0 spiro atoms. The fourth-order valence-corrected chi connectivity index (χ4v) is 0.173. The summed E-state index contributed by atoms with van der Waals surface area (Å²) in [6.45, 7) is 3.30. The van der Waals surface area contributed by atoms with Crippen LogP contribution in [0.15, 0.2) is 12.7 Å². The molecule has 0 amide bonds. The summed E-state index contributed by atoms with van der Waals surface area (Å²) < 4.78 is 0. The van der Waals surface area contributed by atoms with Crippen LogP contribution in [-0.2, 0) is 4.79 Å². The first-order valence-electron chi connectivity index (χ1n) is 1.94. The van der Waals surface area contributed by atoms with E-state index in [0.29, 0.717) is 6.29 Å². The maximum atomic E-state index is 9.59. The molecule has 0 atom stereocenters. The molecule has 0 aliphatic carbocycles. The Hall–Kier alpha value is -0.920. The molecule has 2 heteroatoms. The second-order valence-corrected chi connectivity index (χ2v) is 1.10. The second kappa shape index (κ2) is 3.28. The van der Waals surface area contributed by atoms with Crippen molar-refractivity contribution in [3.05, 3.63) is 12.7 Å². The lowest BCUT2D eigenvalue weighted by molar-refractivity contribution is -0.106. The Bertz CT molecular complexity index is 96.3. The Morgan fingerprint density at radius 3 is 2.57 bits per heavy atom. The summed E-state index contributed by atoms with van der Waals surface area (Å²) in [5.41, 5.74) is 0.273. The van der Waals surface area contributed by atoms with Crippen LogP contribution in [-0.4, -0.2) is 12.0 Å². The third-order valence-electron chi connectivity index (χ3n) is 0.550. The molecule has 38 valence electrons. The number of hydrogen-bond acceptors (Lipinski definition) is 2. The Morgan fingerprint density at radius 1 is 1.86 bits per heavy atom. The fourth-order valence-electron chi connectivity index (χ4n) is 0.173. The van der Waals surface area contributed by atoms with Gasteiger partial charge in [-0.1, -0.05) is 6.58 Å². The van der Waals surface area contributed by atoms with Crippen LogP contribution in [0.3, 0.4) is 0 Å². The van der Waals surface area contributed by atoms with E-state index in [1.165, 1.54) is 6.08 Å². The summed E-state index contributed by atoms with van der Waals surface area (Å²) in [5, 5.41) is 6.79. The van der Waals surface area contributed by atoms with Crippen molar-refractivity contribution in [3.8, 4) is 0 Å².